The van der Waals surface area contributed by atoms with Crippen molar-refractivity contribution < 1.29 is 0 Å². The molecule has 0 aromatic carbocycles. The molecule has 1 rings (SSSR count). The van der Waals surface area contributed by atoms with E-state index in [-0.39, 0.29) is 0 Å². The van der Waals surface area contributed by atoms with Crippen LogP contribution in [0.2, 0.25) is 0 Å². The Hall–Kier alpha value is 0.400. The van der Waals surface area contributed by atoms with Crippen molar-refractivity contribution in [3.05, 3.63) is 0 Å². The third kappa shape index (κ3) is 4.76. The van der Waals surface area contributed by atoms with Crippen LogP contribution in [0.25, 0.3) is 0 Å². The van der Waals surface area contributed by atoms with Gasteiger partial charge >= 0.3 is 0 Å². The molecule has 0 bridgehead atoms. The van der Waals surface area contributed by atoms with Gasteiger partial charge in [0.05, 0.1) is 0 Å². The monoisotopic (exact) mass is 262 g/mol. The summed E-state index contributed by atoms with van der Waals surface area (Å²) in [4.78, 5) is 4.93. The first kappa shape index (κ1) is 12.5. The fraction of sp³-hybridized carbons (Fsp3) is 1.00. The van der Waals surface area contributed by atoms with Crippen molar-refractivity contribution in [1.29, 1.82) is 0 Å². The summed E-state index contributed by atoms with van der Waals surface area (Å²) in [6.07, 6.45) is 4.01. The van der Waals surface area contributed by atoms with E-state index >= 15 is 0 Å². The van der Waals surface area contributed by atoms with Gasteiger partial charge in [0.15, 0.2) is 0 Å². The summed E-state index contributed by atoms with van der Waals surface area (Å²) in [5.41, 5.74) is 0. The first-order valence-corrected chi connectivity index (χ1v) is 6.77. The van der Waals surface area contributed by atoms with E-state index in [1.807, 2.05) is 0 Å². The normalized spacial score (nSPS) is 23.6. The van der Waals surface area contributed by atoms with E-state index in [1.165, 1.54) is 45.4 Å². The number of rotatable bonds is 6. The van der Waals surface area contributed by atoms with Crippen molar-refractivity contribution in [3.8, 4) is 0 Å². The van der Waals surface area contributed by atoms with Crippen LogP contribution in [-0.2, 0) is 0 Å². The molecule has 1 aliphatic heterocycles. The Morgan fingerprint density at radius 1 is 1.43 bits per heavy atom. The quantitative estimate of drug-likeness (QED) is 0.534. The summed E-state index contributed by atoms with van der Waals surface area (Å²) in [5, 5.41) is 1.15. The summed E-state index contributed by atoms with van der Waals surface area (Å²) in [7, 11) is 4.48. The van der Waals surface area contributed by atoms with Crippen LogP contribution in [0, 0.1) is 5.92 Å². The van der Waals surface area contributed by atoms with Gasteiger partial charge in [-0.3, -0.25) is 0 Å². The molecule has 14 heavy (non-hydrogen) atoms. The van der Waals surface area contributed by atoms with E-state index < -0.39 is 0 Å². The summed E-state index contributed by atoms with van der Waals surface area (Å²) in [5.74, 6) is 0.911. The van der Waals surface area contributed by atoms with Crippen LogP contribution in [0.5, 0.6) is 0 Å². The molecule has 0 aromatic heterocycles. The average Bonchev–Trinajstić information content (AvgIpc) is 2.52. The molecule has 0 N–H and O–H groups in total. The van der Waals surface area contributed by atoms with Gasteiger partial charge in [0.2, 0.25) is 0 Å². The van der Waals surface area contributed by atoms with E-state index in [9.17, 15) is 0 Å². The summed E-state index contributed by atoms with van der Waals surface area (Å²) in [6.45, 7) is 5.13. The van der Waals surface area contributed by atoms with Crippen molar-refractivity contribution in [2.45, 2.75) is 19.3 Å². The number of nitrogens with zero attached hydrogens (tertiary/aromatic N) is 2. The number of hydrogen-bond acceptors (Lipinski definition) is 2. The molecule has 0 amide bonds. The van der Waals surface area contributed by atoms with Gasteiger partial charge in [-0.25, -0.2) is 0 Å². The first-order valence-electron chi connectivity index (χ1n) is 5.65. The Bertz CT molecular complexity index is 152. The highest BCUT2D eigenvalue weighted by Gasteiger charge is 2.20. The Morgan fingerprint density at radius 3 is 2.79 bits per heavy atom. The van der Waals surface area contributed by atoms with Crippen LogP contribution in [0.15, 0.2) is 0 Å². The minimum atomic E-state index is 0.911. The third-order valence-electron chi connectivity index (χ3n) is 2.98. The number of alkyl halides is 1. The molecule has 1 fully saturated rings. The van der Waals surface area contributed by atoms with Crippen molar-refractivity contribution in [1.82, 2.24) is 9.80 Å². The zero-order valence-corrected chi connectivity index (χ0v) is 11.1. The topological polar surface area (TPSA) is 6.48 Å². The van der Waals surface area contributed by atoms with Crippen LogP contribution in [0.3, 0.4) is 0 Å². The Kier molecular flexibility index (Phi) is 6.06. The average molecular weight is 263 g/mol. The lowest BCUT2D eigenvalue weighted by Gasteiger charge is -2.20. The van der Waals surface area contributed by atoms with Gasteiger partial charge in [-0.05, 0) is 52.4 Å². The van der Waals surface area contributed by atoms with E-state index in [4.69, 9.17) is 0 Å². The van der Waals surface area contributed by atoms with Crippen molar-refractivity contribution in [2.24, 2.45) is 5.92 Å². The molecule has 2 nitrogen and oxygen atoms in total. The number of unbranched alkanes of at least 4 members (excludes halogenated alkanes) is 1. The lowest BCUT2D eigenvalue weighted by atomic mass is 10.1. The van der Waals surface area contributed by atoms with Crippen LogP contribution < -0.4 is 0 Å². The van der Waals surface area contributed by atoms with Gasteiger partial charge in [0.25, 0.3) is 0 Å². The Balaban J connectivity index is 2.05. The largest absolute Gasteiger partial charge is 0.306 e. The zero-order chi connectivity index (χ0) is 10.4. The highest BCUT2D eigenvalue weighted by Crippen LogP contribution is 2.15. The van der Waals surface area contributed by atoms with E-state index in [0.717, 1.165) is 11.2 Å². The van der Waals surface area contributed by atoms with Crippen molar-refractivity contribution in [3.63, 3.8) is 0 Å². The minimum absolute atomic E-state index is 0.911. The molecule has 0 aromatic rings. The second kappa shape index (κ2) is 6.81. The third-order valence-corrected chi connectivity index (χ3v) is 3.54. The lowest BCUT2D eigenvalue weighted by Crippen LogP contribution is -2.28. The molecule has 0 radical (unpaired) electrons. The van der Waals surface area contributed by atoms with E-state index in [0.29, 0.717) is 0 Å². The first-order chi connectivity index (χ1) is 6.72. The predicted octanol–water partition coefficient (Wildman–Crippen LogP) is 2.04. The SMILES string of the molecule is CN(CCCCBr)CC1CCN(C)C1. The summed E-state index contributed by atoms with van der Waals surface area (Å²) < 4.78 is 0. The molecular formula is C11H23BrN2. The highest BCUT2D eigenvalue weighted by atomic mass is 79.9. The Morgan fingerprint density at radius 2 is 2.21 bits per heavy atom. The molecule has 1 atom stereocenters. The van der Waals surface area contributed by atoms with Gasteiger partial charge < -0.3 is 9.80 Å². The molecule has 0 spiro atoms. The number of hydrogen-bond donors (Lipinski definition) is 0. The zero-order valence-electron chi connectivity index (χ0n) is 9.51. The molecule has 1 aliphatic rings. The highest BCUT2D eigenvalue weighted by molar-refractivity contribution is 9.09. The molecule has 1 saturated heterocycles. The predicted molar refractivity (Wildman–Crippen MR) is 66.1 cm³/mol. The molecular weight excluding hydrogens is 240 g/mol. The van der Waals surface area contributed by atoms with Crippen LogP contribution >= 0.6 is 15.9 Å². The van der Waals surface area contributed by atoms with Gasteiger partial charge in [-0.1, -0.05) is 15.9 Å². The summed E-state index contributed by atoms with van der Waals surface area (Å²) >= 11 is 3.47. The fourth-order valence-electron chi connectivity index (χ4n) is 2.18. The maximum absolute atomic E-state index is 3.47. The minimum Gasteiger partial charge on any atom is -0.306 e. The van der Waals surface area contributed by atoms with Gasteiger partial charge in [0, 0.05) is 18.4 Å². The van der Waals surface area contributed by atoms with Crippen LogP contribution in [0.4, 0.5) is 0 Å². The second-order valence-electron chi connectivity index (χ2n) is 4.58. The fourth-order valence-corrected chi connectivity index (χ4v) is 2.58. The smallest absolute Gasteiger partial charge is 0.00317 e. The molecule has 0 saturated carbocycles. The number of halogens is 1. The maximum Gasteiger partial charge on any atom is 0.00317 e. The standard InChI is InChI=1S/C11H23BrN2/c1-13(7-4-3-6-12)9-11-5-8-14(2)10-11/h11H,3-10H2,1-2H3. The van der Waals surface area contributed by atoms with E-state index in [1.54, 1.807) is 0 Å². The maximum atomic E-state index is 3.47. The molecule has 84 valence electrons. The van der Waals surface area contributed by atoms with Crippen LogP contribution in [-0.4, -0.2) is 55.4 Å². The number of likely N-dealkylation sites (tertiary alicyclic amines) is 1. The Labute approximate surface area is 96.8 Å². The summed E-state index contributed by atoms with van der Waals surface area (Å²) in [6, 6.07) is 0. The van der Waals surface area contributed by atoms with Crippen molar-refractivity contribution >= 4 is 15.9 Å². The lowest BCUT2D eigenvalue weighted by molar-refractivity contribution is 0.270. The molecule has 1 unspecified atom stereocenters. The van der Waals surface area contributed by atoms with Gasteiger partial charge in [0.1, 0.15) is 0 Å². The van der Waals surface area contributed by atoms with E-state index in [2.05, 4.69) is 39.8 Å². The van der Waals surface area contributed by atoms with Crippen LogP contribution in [0.1, 0.15) is 19.3 Å². The second-order valence-corrected chi connectivity index (χ2v) is 5.37. The van der Waals surface area contributed by atoms with Gasteiger partial charge in [-0.2, -0.15) is 0 Å². The van der Waals surface area contributed by atoms with Crippen molar-refractivity contribution in [2.75, 3.05) is 45.6 Å². The molecule has 3 heteroatoms. The van der Waals surface area contributed by atoms with Gasteiger partial charge in [-0.15, -0.1) is 0 Å². The molecule has 0 aliphatic carbocycles. The molecule has 1 heterocycles.